The van der Waals surface area contributed by atoms with E-state index >= 15 is 0 Å². The molecule has 4 heteroatoms. The topological polar surface area (TPSA) is 61.4 Å². The summed E-state index contributed by atoms with van der Waals surface area (Å²) in [6, 6.07) is 0.242. The van der Waals surface area contributed by atoms with Gasteiger partial charge in [0.15, 0.2) is 0 Å². The standard InChI is InChI=1S/C15H30N2O2/c1-15(2,3)9-4-10-16-14(19)17-13-7-5-12(11-18)6-8-13/h12-13,18H,4-11H2,1-3H3,(H2,16,17,19). The van der Waals surface area contributed by atoms with Gasteiger partial charge in [-0.05, 0) is 49.9 Å². The lowest BCUT2D eigenvalue weighted by Gasteiger charge is -2.28. The van der Waals surface area contributed by atoms with Crippen LogP contribution in [0.1, 0.15) is 59.3 Å². The Balaban J connectivity index is 2.08. The van der Waals surface area contributed by atoms with Crippen molar-refractivity contribution >= 4 is 6.03 Å². The van der Waals surface area contributed by atoms with E-state index in [1.54, 1.807) is 0 Å². The van der Waals surface area contributed by atoms with Crippen molar-refractivity contribution in [3.05, 3.63) is 0 Å². The fourth-order valence-electron chi connectivity index (χ4n) is 2.55. The molecule has 2 amide bonds. The van der Waals surface area contributed by atoms with E-state index < -0.39 is 0 Å². The third-order valence-electron chi connectivity index (χ3n) is 3.83. The summed E-state index contributed by atoms with van der Waals surface area (Å²) in [4.78, 5) is 11.7. The lowest BCUT2D eigenvalue weighted by molar-refractivity contribution is 0.174. The average molecular weight is 270 g/mol. The Bertz CT molecular complexity index is 266. The van der Waals surface area contributed by atoms with E-state index in [1.807, 2.05) is 0 Å². The van der Waals surface area contributed by atoms with Crippen molar-refractivity contribution in [3.8, 4) is 0 Å². The number of hydrogen-bond donors (Lipinski definition) is 3. The molecule has 0 aromatic heterocycles. The van der Waals surface area contributed by atoms with E-state index in [2.05, 4.69) is 31.4 Å². The van der Waals surface area contributed by atoms with Crippen molar-refractivity contribution in [2.24, 2.45) is 11.3 Å². The lowest BCUT2D eigenvalue weighted by Crippen LogP contribution is -2.44. The third-order valence-corrected chi connectivity index (χ3v) is 3.83. The normalized spacial score (nSPS) is 24.0. The predicted molar refractivity (Wildman–Crippen MR) is 78.1 cm³/mol. The van der Waals surface area contributed by atoms with E-state index in [9.17, 15) is 4.79 Å². The molecular weight excluding hydrogens is 240 g/mol. The molecule has 0 aromatic carbocycles. The molecule has 19 heavy (non-hydrogen) atoms. The number of rotatable bonds is 5. The van der Waals surface area contributed by atoms with Crippen LogP contribution in [0.15, 0.2) is 0 Å². The SMILES string of the molecule is CC(C)(C)CCCNC(=O)NC1CCC(CO)CC1. The van der Waals surface area contributed by atoms with E-state index in [0.717, 1.165) is 45.1 Å². The van der Waals surface area contributed by atoms with E-state index in [1.165, 1.54) is 0 Å². The first-order chi connectivity index (χ1) is 8.90. The summed E-state index contributed by atoms with van der Waals surface area (Å²) in [6.45, 7) is 7.67. The van der Waals surface area contributed by atoms with Gasteiger partial charge in [0, 0.05) is 19.2 Å². The second-order valence-electron chi connectivity index (χ2n) is 6.96. The summed E-state index contributed by atoms with van der Waals surface area (Å²) in [5.41, 5.74) is 0.334. The third kappa shape index (κ3) is 7.41. The van der Waals surface area contributed by atoms with Gasteiger partial charge in [0.05, 0.1) is 0 Å². The maximum absolute atomic E-state index is 11.7. The zero-order valence-electron chi connectivity index (χ0n) is 12.7. The molecule has 4 nitrogen and oxygen atoms in total. The molecule has 1 aliphatic rings. The number of urea groups is 1. The van der Waals surface area contributed by atoms with Gasteiger partial charge in [0.2, 0.25) is 0 Å². The number of aliphatic hydroxyl groups excluding tert-OH is 1. The maximum atomic E-state index is 11.7. The molecule has 1 saturated carbocycles. The van der Waals surface area contributed by atoms with Gasteiger partial charge in [0.25, 0.3) is 0 Å². The number of amides is 2. The van der Waals surface area contributed by atoms with Gasteiger partial charge >= 0.3 is 6.03 Å². The van der Waals surface area contributed by atoms with Gasteiger partial charge in [-0.1, -0.05) is 20.8 Å². The van der Waals surface area contributed by atoms with Crippen LogP contribution in [0.5, 0.6) is 0 Å². The highest BCUT2D eigenvalue weighted by atomic mass is 16.3. The second kappa shape index (κ2) is 7.73. The highest BCUT2D eigenvalue weighted by molar-refractivity contribution is 5.74. The molecule has 0 radical (unpaired) electrons. The fourth-order valence-corrected chi connectivity index (χ4v) is 2.55. The minimum atomic E-state index is -0.0404. The molecule has 0 atom stereocenters. The van der Waals surface area contributed by atoms with Crippen molar-refractivity contribution in [1.29, 1.82) is 0 Å². The summed E-state index contributed by atoms with van der Waals surface area (Å²) >= 11 is 0. The van der Waals surface area contributed by atoms with Crippen molar-refractivity contribution in [3.63, 3.8) is 0 Å². The van der Waals surface area contributed by atoms with Gasteiger partial charge < -0.3 is 15.7 Å². The quantitative estimate of drug-likeness (QED) is 0.673. The van der Waals surface area contributed by atoms with Crippen LogP contribution < -0.4 is 10.6 Å². The van der Waals surface area contributed by atoms with Crippen LogP contribution in [0.2, 0.25) is 0 Å². The first kappa shape index (κ1) is 16.3. The van der Waals surface area contributed by atoms with Gasteiger partial charge in [-0.3, -0.25) is 0 Å². The summed E-state index contributed by atoms with van der Waals surface area (Å²) in [5.74, 6) is 0.438. The van der Waals surface area contributed by atoms with Gasteiger partial charge in [-0.15, -0.1) is 0 Å². The largest absolute Gasteiger partial charge is 0.396 e. The van der Waals surface area contributed by atoms with Crippen LogP contribution in [0.3, 0.4) is 0 Å². The van der Waals surface area contributed by atoms with Gasteiger partial charge in [-0.2, -0.15) is 0 Å². The molecule has 0 saturated heterocycles. The fraction of sp³-hybridized carbons (Fsp3) is 0.933. The van der Waals surface area contributed by atoms with Crippen molar-refractivity contribution in [2.75, 3.05) is 13.2 Å². The molecular formula is C15H30N2O2. The highest BCUT2D eigenvalue weighted by Gasteiger charge is 2.21. The van der Waals surface area contributed by atoms with Gasteiger partial charge in [0.1, 0.15) is 0 Å². The minimum Gasteiger partial charge on any atom is -0.396 e. The molecule has 3 N–H and O–H groups in total. The van der Waals surface area contributed by atoms with Crippen LogP contribution in [0.4, 0.5) is 4.79 Å². The van der Waals surface area contributed by atoms with Crippen LogP contribution in [-0.4, -0.2) is 30.3 Å². The second-order valence-corrected chi connectivity index (χ2v) is 6.96. The molecule has 0 spiro atoms. The molecule has 1 rings (SSSR count). The molecule has 0 aliphatic heterocycles. The van der Waals surface area contributed by atoms with E-state index in [4.69, 9.17) is 5.11 Å². The summed E-state index contributed by atoms with van der Waals surface area (Å²) in [7, 11) is 0. The predicted octanol–water partition coefficient (Wildman–Crippen LogP) is 2.66. The molecule has 0 bridgehead atoms. The molecule has 1 fully saturated rings. The summed E-state index contributed by atoms with van der Waals surface area (Å²) in [5, 5.41) is 15.0. The maximum Gasteiger partial charge on any atom is 0.315 e. The molecule has 0 aromatic rings. The Morgan fingerprint density at radius 1 is 1.21 bits per heavy atom. The summed E-state index contributed by atoms with van der Waals surface area (Å²) < 4.78 is 0. The van der Waals surface area contributed by atoms with Crippen LogP contribution in [-0.2, 0) is 0 Å². The Kier molecular flexibility index (Phi) is 6.63. The van der Waals surface area contributed by atoms with E-state index in [-0.39, 0.29) is 18.7 Å². The van der Waals surface area contributed by atoms with Crippen molar-refractivity contribution < 1.29 is 9.90 Å². The smallest absolute Gasteiger partial charge is 0.315 e. The monoisotopic (exact) mass is 270 g/mol. The molecule has 112 valence electrons. The van der Waals surface area contributed by atoms with Gasteiger partial charge in [-0.25, -0.2) is 4.79 Å². The van der Waals surface area contributed by atoms with E-state index in [0.29, 0.717) is 11.3 Å². The Morgan fingerprint density at radius 2 is 1.84 bits per heavy atom. The molecule has 0 unspecified atom stereocenters. The first-order valence-electron chi connectivity index (χ1n) is 7.56. The highest BCUT2D eigenvalue weighted by Crippen LogP contribution is 2.23. The van der Waals surface area contributed by atoms with Crippen LogP contribution in [0.25, 0.3) is 0 Å². The Morgan fingerprint density at radius 3 is 2.37 bits per heavy atom. The molecule has 1 aliphatic carbocycles. The number of hydrogen-bond acceptors (Lipinski definition) is 2. The van der Waals surface area contributed by atoms with Crippen molar-refractivity contribution in [1.82, 2.24) is 10.6 Å². The zero-order valence-corrected chi connectivity index (χ0v) is 12.7. The van der Waals surface area contributed by atoms with Crippen LogP contribution in [0, 0.1) is 11.3 Å². The zero-order chi connectivity index (χ0) is 14.3. The lowest BCUT2D eigenvalue weighted by atomic mass is 9.87. The number of nitrogens with one attached hydrogen (secondary N) is 2. The summed E-state index contributed by atoms with van der Waals surface area (Å²) in [6.07, 6.45) is 6.15. The number of carbonyl (C=O) groups is 1. The Hall–Kier alpha value is -0.770. The first-order valence-corrected chi connectivity index (χ1v) is 7.56. The Labute approximate surface area is 117 Å². The van der Waals surface area contributed by atoms with Crippen LogP contribution >= 0.6 is 0 Å². The number of carbonyl (C=O) groups excluding carboxylic acids is 1. The van der Waals surface area contributed by atoms with Crippen molar-refractivity contribution in [2.45, 2.75) is 65.3 Å². The number of aliphatic hydroxyl groups is 1. The minimum absolute atomic E-state index is 0.0404. The molecule has 0 heterocycles. The average Bonchev–Trinajstić information content (AvgIpc) is 2.34.